The Morgan fingerprint density at radius 2 is 1.69 bits per heavy atom. The van der Waals surface area contributed by atoms with Gasteiger partial charge in [-0.25, -0.2) is 0 Å². The van der Waals surface area contributed by atoms with E-state index in [1.807, 2.05) is 54.9 Å². The Kier molecular flexibility index (Phi) is 4.99. The molecule has 1 amide bonds. The Morgan fingerprint density at radius 1 is 1.08 bits per heavy atom. The van der Waals surface area contributed by atoms with Crippen molar-refractivity contribution in [2.45, 2.75) is 0 Å². The summed E-state index contributed by atoms with van der Waals surface area (Å²) in [4.78, 5) is 19.4. The van der Waals surface area contributed by atoms with Crippen LogP contribution in [-0.2, 0) is 7.05 Å². The molecule has 0 aliphatic heterocycles. The van der Waals surface area contributed by atoms with Gasteiger partial charge in [0.1, 0.15) is 0 Å². The van der Waals surface area contributed by atoms with Gasteiger partial charge in [-0.05, 0) is 24.3 Å². The number of thiazole rings is 1. The molecule has 0 N–H and O–H groups in total. The van der Waals surface area contributed by atoms with E-state index in [1.54, 1.807) is 26.4 Å². The Bertz CT molecular complexity index is 1020. The van der Waals surface area contributed by atoms with Crippen LogP contribution >= 0.6 is 11.3 Å². The minimum absolute atomic E-state index is 0.267. The summed E-state index contributed by atoms with van der Waals surface area (Å²) < 4.78 is 13.6. The first-order valence-electron chi connectivity index (χ1n) is 8.02. The maximum Gasteiger partial charge on any atom is 0.279 e. The molecule has 6 nitrogen and oxygen atoms in total. The molecule has 0 bridgehead atoms. The largest absolute Gasteiger partial charge is 0.493 e. The molecule has 0 atom stereocenters. The summed E-state index contributed by atoms with van der Waals surface area (Å²) >= 11 is 1.44. The number of carbonyl (C=O) groups excluding carboxylic acids is 1. The van der Waals surface area contributed by atoms with Gasteiger partial charge in [-0.1, -0.05) is 11.3 Å². The highest BCUT2D eigenvalue weighted by Crippen LogP contribution is 2.33. The van der Waals surface area contributed by atoms with Crippen LogP contribution in [0, 0.1) is 0 Å². The van der Waals surface area contributed by atoms with E-state index < -0.39 is 0 Å². The lowest BCUT2D eigenvalue weighted by atomic mass is 10.2. The van der Waals surface area contributed by atoms with E-state index in [4.69, 9.17) is 9.47 Å². The smallest absolute Gasteiger partial charge is 0.279 e. The second-order valence-corrected chi connectivity index (χ2v) is 6.99. The van der Waals surface area contributed by atoms with Crippen LogP contribution in [0.2, 0.25) is 0 Å². The minimum Gasteiger partial charge on any atom is -0.493 e. The van der Waals surface area contributed by atoms with Crippen LogP contribution < -0.4 is 19.2 Å². The molecule has 0 unspecified atom stereocenters. The molecule has 0 aliphatic carbocycles. The van der Waals surface area contributed by atoms with Crippen molar-refractivity contribution >= 4 is 33.1 Å². The van der Waals surface area contributed by atoms with E-state index in [2.05, 4.69) is 4.99 Å². The molecular formula is C19H21N3O3S. The van der Waals surface area contributed by atoms with Crippen LogP contribution in [-0.4, -0.2) is 38.8 Å². The highest BCUT2D eigenvalue weighted by molar-refractivity contribution is 7.16. The molecule has 0 spiro atoms. The zero-order chi connectivity index (χ0) is 18.8. The number of aryl methyl sites for hydroxylation is 1. The van der Waals surface area contributed by atoms with Crippen molar-refractivity contribution in [2.24, 2.45) is 12.0 Å². The predicted molar refractivity (Wildman–Crippen MR) is 105 cm³/mol. The van der Waals surface area contributed by atoms with Gasteiger partial charge < -0.3 is 18.9 Å². The van der Waals surface area contributed by atoms with Crippen molar-refractivity contribution in [1.82, 2.24) is 4.57 Å². The Morgan fingerprint density at radius 3 is 2.27 bits per heavy atom. The quantitative estimate of drug-likeness (QED) is 0.707. The SMILES string of the molecule is COc1cc2sc(=NC(=O)c3ccc(N(C)C)cc3)n(C)c2cc1OC. The maximum atomic E-state index is 12.5. The molecular weight excluding hydrogens is 350 g/mol. The number of fused-ring (bicyclic) bond motifs is 1. The van der Waals surface area contributed by atoms with Crippen LogP contribution in [0.25, 0.3) is 10.2 Å². The molecule has 136 valence electrons. The molecule has 1 heterocycles. The Labute approximate surface area is 155 Å². The first-order valence-corrected chi connectivity index (χ1v) is 8.84. The van der Waals surface area contributed by atoms with Gasteiger partial charge in [0, 0.05) is 44.5 Å². The molecule has 7 heteroatoms. The lowest BCUT2D eigenvalue weighted by Gasteiger charge is -2.11. The summed E-state index contributed by atoms with van der Waals surface area (Å²) in [6.07, 6.45) is 0. The summed E-state index contributed by atoms with van der Waals surface area (Å²) in [7, 11) is 9.00. The van der Waals surface area contributed by atoms with E-state index in [9.17, 15) is 4.79 Å². The van der Waals surface area contributed by atoms with Crippen LogP contribution in [0.3, 0.4) is 0 Å². The van der Waals surface area contributed by atoms with Gasteiger partial charge in [0.2, 0.25) is 0 Å². The number of anilines is 1. The number of carbonyl (C=O) groups is 1. The van der Waals surface area contributed by atoms with Gasteiger partial charge in [0.25, 0.3) is 5.91 Å². The fourth-order valence-electron chi connectivity index (χ4n) is 2.61. The Balaban J connectivity index is 2.03. The van der Waals surface area contributed by atoms with E-state index in [0.29, 0.717) is 21.9 Å². The third kappa shape index (κ3) is 3.30. The number of hydrogen-bond donors (Lipinski definition) is 0. The molecule has 2 aromatic carbocycles. The number of methoxy groups -OCH3 is 2. The molecule has 0 saturated carbocycles. The normalized spacial score (nSPS) is 11.7. The van der Waals surface area contributed by atoms with Crippen LogP contribution in [0.1, 0.15) is 10.4 Å². The lowest BCUT2D eigenvalue weighted by Crippen LogP contribution is -2.13. The molecule has 0 aliphatic rings. The van der Waals surface area contributed by atoms with Crippen LogP contribution in [0.4, 0.5) is 5.69 Å². The first-order chi connectivity index (χ1) is 12.4. The maximum absolute atomic E-state index is 12.5. The number of ether oxygens (including phenoxy) is 2. The number of nitrogens with zero attached hydrogens (tertiary/aromatic N) is 3. The summed E-state index contributed by atoms with van der Waals surface area (Å²) in [5, 5.41) is 0. The van der Waals surface area contributed by atoms with Crippen molar-refractivity contribution in [3.8, 4) is 11.5 Å². The fourth-order valence-corrected chi connectivity index (χ4v) is 3.64. The summed E-state index contributed by atoms with van der Waals surface area (Å²) in [6.45, 7) is 0. The number of benzene rings is 2. The lowest BCUT2D eigenvalue weighted by molar-refractivity contribution is 0.0998. The second kappa shape index (κ2) is 7.21. The first kappa shape index (κ1) is 18.0. The third-order valence-corrected chi connectivity index (χ3v) is 5.24. The predicted octanol–water partition coefficient (Wildman–Crippen LogP) is 3.06. The van der Waals surface area contributed by atoms with Gasteiger partial charge in [-0.3, -0.25) is 4.79 Å². The molecule has 0 radical (unpaired) electrons. The average Bonchev–Trinajstić information content (AvgIpc) is 2.95. The van der Waals surface area contributed by atoms with Crippen LogP contribution in [0.5, 0.6) is 11.5 Å². The molecule has 3 rings (SSSR count). The van der Waals surface area contributed by atoms with Crippen molar-refractivity contribution in [3.63, 3.8) is 0 Å². The standard InChI is InChI=1S/C19H21N3O3S/c1-21(2)13-8-6-12(7-9-13)18(23)20-19-22(3)14-10-15(24-4)16(25-5)11-17(14)26-19/h6-11H,1-5H3. The zero-order valence-corrected chi connectivity index (χ0v) is 16.3. The van der Waals surface area contributed by atoms with Gasteiger partial charge in [-0.15, -0.1) is 0 Å². The minimum atomic E-state index is -0.267. The monoisotopic (exact) mass is 371 g/mol. The van der Waals surface area contributed by atoms with Crippen molar-refractivity contribution < 1.29 is 14.3 Å². The Hall–Kier alpha value is -2.80. The highest BCUT2D eigenvalue weighted by Gasteiger charge is 2.12. The summed E-state index contributed by atoms with van der Waals surface area (Å²) in [5.41, 5.74) is 2.53. The van der Waals surface area contributed by atoms with Gasteiger partial charge in [0.05, 0.1) is 24.4 Å². The van der Waals surface area contributed by atoms with Gasteiger partial charge in [0.15, 0.2) is 16.3 Å². The third-order valence-electron chi connectivity index (χ3n) is 4.14. The number of rotatable bonds is 4. The average molecular weight is 371 g/mol. The van der Waals surface area contributed by atoms with Gasteiger partial charge >= 0.3 is 0 Å². The highest BCUT2D eigenvalue weighted by atomic mass is 32.1. The van der Waals surface area contributed by atoms with Crippen LogP contribution in [0.15, 0.2) is 41.4 Å². The molecule has 0 saturated heterocycles. The van der Waals surface area contributed by atoms with Crippen molar-refractivity contribution in [3.05, 3.63) is 46.8 Å². The van der Waals surface area contributed by atoms with E-state index in [1.165, 1.54) is 11.3 Å². The fraction of sp³-hybridized carbons (Fsp3) is 0.263. The summed E-state index contributed by atoms with van der Waals surface area (Å²) in [6, 6.07) is 11.2. The number of aromatic nitrogens is 1. The molecule has 3 aromatic rings. The van der Waals surface area contributed by atoms with E-state index >= 15 is 0 Å². The van der Waals surface area contributed by atoms with Crippen molar-refractivity contribution in [2.75, 3.05) is 33.2 Å². The number of amides is 1. The topological polar surface area (TPSA) is 56.1 Å². The second-order valence-electron chi connectivity index (χ2n) is 5.98. The van der Waals surface area contributed by atoms with Crippen molar-refractivity contribution in [1.29, 1.82) is 0 Å². The molecule has 26 heavy (non-hydrogen) atoms. The van der Waals surface area contributed by atoms with Gasteiger partial charge in [-0.2, -0.15) is 4.99 Å². The summed E-state index contributed by atoms with van der Waals surface area (Å²) in [5.74, 6) is 1.03. The van der Waals surface area contributed by atoms with E-state index in [-0.39, 0.29) is 5.91 Å². The van der Waals surface area contributed by atoms with E-state index in [0.717, 1.165) is 15.9 Å². The zero-order valence-electron chi connectivity index (χ0n) is 15.4. The number of hydrogen-bond acceptors (Lipinski definition) is 5. The molecule has 1 aromatic heterocycles. The molecule has 0 fully saturated rings.